The van der Waals surface area contributed by atoms with Gasteiger partial charge in [0.2, 0.25) is 5.91 Å². The van der Waals surface area contributed by atoms with Crippen molar-refractivity contribution in [2.45, 2.75) is 62.6 Å². The number of carbonyl (C=O) groups is 2. The van der Waals surface area contributed by atoms with Crippen LogP contribution in [0.2, 0.25) is 0 Å². The van der Waals surface area contributed by atoms with Crippen molar-refractivity contribution in [2.24, 2.45) is 5.92 Å². The molecular weight excluding hydrogens is 729 g/mol. The molecule has 6 rings (SSSR count). The maximum absolute atomic E-state index is 13.6. The normalized spacial score (nSPS) is 16.7. The molecule has 0 bridgehead atoms. The molecule has 2 aliphatic rings. The van der Waals surface area contributed by atoms with Crippen molar-refractivity contribution < 1.29 is 14.3 Å². The molecule has 2 aromatic carbocycles. The van der Waals surface area contributed by atoms with Crippen LogP contribution in [0.3, 0.4) is 0 Å². The zero-order valence-corrected chi connectivity index (χ0v) is 31.8. The van der Waals surface area contributed by atoms with Gasteiger partial charge in [-0.25, -0.2) is 14.8 Å². The van der Waals surface area contributed by atoms with Gasteiger partial charge in [-0.05, 0) is 67.5 Å². The molecule has 0 unspecified atom stereocenters. The number of hydrogen-bond donors (Lipinski definition) is 5. The Labute approximate surface area is 322 Å². The number of aromatic amines is 2. The van der Waals surface area contributed by atoms with E-state index in [1.165, 1.54) is 7.11 Å². The molecule has 2 saturated heterocycles. The number of alkyl carbamates (subject to hydrolysis) is 1. The third-order valence-electron chi connectivity index (χ3n) is 8.81. The summed E-state index contributed by atoms with van der Waals surface area (Å²) in [5, 5.41) is 6.14. The standard InChI is InChI=1S/C37H39N7O3S.3ClH/c1-23(2)32(43-37(46)47-3)36(45)44-20-10-16-30(44)35-40-22-29(42-35)27-18-17-25(31(33(27)48)24-11-5-4-6-12-24)13-7-8-14-26-21-39-34(41-26)28-15-9-19-38-28;;;/h4-6,11-12,17-18,21-23,28,30,32,38,48H,9-10,15-16,19-20H2,1-3H3,(H,39,41)(H,40,42)(H,43,46);3*1H/t28-,30-,32-;;;/m0.../s1. The van der Waals surface area contributed by atoms with Gasteiger partial charge in [-0.1, -0.05) is 56.2 Å². The summed E-state index contributed by atoms with van der Waals surface area (Å²) in [5.41, 5.74) is 5.05. The molecule has 51 heavy (non-hydrogen) atoms. The van der Waals surface area contributed by atoms with Crippen molar-refractivity contribution in [3.63, 3.8) is 0 Å². The van der Waals surface area contributed by atoms with Crippen molar-refractivity contribution in [3.8, 4) is 46.1 Å². The van der Waals surface area contributed by atoms with Crippen LogP contribution in [-0.2, 0) is 9.53 Å². The Balaban J connectivity index is 0.00000234. The summed E-state index contributed by atoms with van der Waals surface area (Å²) >= 11 is 5.02. The van der Waals surface area contributed by atoms with E-state index in [4.69, 9.17) is 22.3 Å². The number of halogens is 3. The Kier molecular flexibility index (Phi) is 15.3. The van der Waals surface area contributed by atoms with E-state index in [-0.39, 0.29) is 61.1 Å². The lowest BCUT2D eigenvalue weighted by atomic mass is 9.96. The Morgan fingerprint density at radius 3 is 2.41 bits per heavy atom. The summed E-state index contributed by atoms with van der Waals surface area (Å²) in [6.45, 7) is 5.39. The number of ether oxygens (including phenoxy) is 1. The van der Waals surface area contributed by atoms with E-state index in [1.54, 1.807) is 17.3 Å². The molecule has 10 nitrogen and oxygen atoms in total. The zero-order valence-electron chi connectivity index (χ0n) is 28.5. The van der Waals surface area contributed by atoms with Crippen LogP contribution >= 0.6 is 49.8 Å². The van der Waals surface area contributed by atoms with Crippen LogP contribution in [-0.4, -0.2) is 63.1 Å². The first-order valence-electron chi connectivity index (χ1n) is 16.3. The van der Waals surface area contributed by atoms with Crippen LogP contribution < -0.4 is 10.6 Å². The van der Waals surface area contributed by atoms with Crippen LogP contribution in [0.25, 0.3) is 22.4 Å². The van der Waals surface area contributed by atoms with Crippen molar-refractivity contribution in [1.29, 1.82) is 0 Å². The number of benzene rings is 2. The van der Waals surface area contributed by atoms with Gasteiger partial charge in [0.25, 0.3) is 0 Å². The number of amides is 2. The van der Waals surface area contributed by atoms with E-state index in [0.717, 1.165) is 76.6 Å². The van der Waals surface area contributed by atoms with Gasteiger partial charge < -0.3 is 30.2 Å². The summed E-state index contributed by atoms with van der Waals surface area (Å²) in [7, 11) is 1.29. The minimum absolute atomic E-state index is 0. The monoisotopic (exact) mass is 769 g/mol. The van der Waals surface area contributed by atoms with Crippen LogP contribution in [0, 0.1) is 29.6 Å². The predicted octanol–water partition coefficient (Wildman–Crippen LogP) is 6.89. The Hall–Kier alpha value is -4.10. The highest BCUT2D eigenvalue weighted by atomic mass is 35.5. The number of aromatic nitrogens is 4. The Bertz CT molecular complexity index is 1920. The van der Waals surface area contributed by atoms with Crippen molar-refractivity contribution in [1.82, 2.24) is 35.5 Å². The number of nitrogens with zero attached hydrogens (tertiary/aromatic N) is 3. The minimum atomic E-state index is -0.700. The van der Waals surface area contributed by atoms with Crippen molar-refractivity contribution >= 4 is 61.9 Å². The number of nitrogens with one attached hydrogen (secondary N) is 4. The molecule has 270 valence electrons. The lowest BCUT2D eigenvalue weighted by Crippen LogP contribution is -2.51. The molecule has 4 heterocycles. The van der Waals surface area contributed by atoms with Crippen LogP contribution in [0.4, 0.5) is 4.79 Å². The fraction of sp³-hybridized carbons (Fsp3) is 0.351. The number of methoxy groups -OCH3 is 1. The highest BCUT2D eigenvalue weighted by Crippen LogP contribution is 2.38. The van der Waals surface area contributed by atoms with E-state index in [2.05, 4.69) is 49.3 Å². The van der Waals surface area contributed by atoms with Gasteiger partial charge in [0.1, 0.15) is 23.4 Å². The Morgan fingerprint density at radius 1 is 0.961 bits per heavy atom. The number of likely N-dealkylation sites (tertiary alicyclic amines) is 1. The summed E-state index contributed by atoms with van der Waals surface area (Å²) in [6.07, 6.45) is 6.71. The highest BCUT2D eigenvalue weighted by molar-refractivity contribution is 7.80. The van der Waals surface area contributed by atoms with Gasteiger partial charge in [-0.2, -0.15) is 0 Å². The molecule has 2 fully saturated rings. The summed E-state index contributed by atoms with van der Waals surface area (Å²) < 4.78 is 4.76. The van der Waals surface area contributed by atoms with Crippen LogP contribution in [0.1, 0.15) is 74.5 Å². The molecule has 2 amide bonds. The quantitative estimate of drug-likeness (QED) is 0.103. The number of hydrogen-bond acceptors (Lipinski definition) is 7. The fourth-order valence-corrected chi connectivity index (χ4v) is 6.78. The molecule has 3 atom stereocenters. The van der Waals surface area contributed by atoms with Gasteiger partial charge >= 0.3 is 6.09 Å². The van der Waals surface area contributed by atoms with Crippen LogP contribution in [0.15, 0.2) is 59.8 Å². The molecule has 2 aliphatic heterocycles. The number of H-pyrrole nitrogens is 2. The smallest absolute Gasteiger partial charge is 0.407 e. The number of carbonyl (C=O) groups excluding carboxylic acids is 2. The van der Waals surface area contributed by atoms with Crippen LogP contribution in [0.5, 0.6) is 0 Å². The van der Waals surface area contributed by atoms with E-state index in [9.17, 15) is 9.59 Å². The predicted molar refractivity (Wildman–Crippen MR) is 209 cm³/mol. The van der Waals surface area contributed by atoms with E-state index >= 15 is 0 Å². The van der Waals surface area contributed by atoms with E-state index in [1.807, 2.05) is 56.3 Å². The SMILES string of the molecule is COC(=O)N[C@H](C(=O)N1CCC[C@H]1c1ncc(-c2ccc(C#CC#Cc3cnc([C@@H]4CCCN4)[nH]3)c(-c3ccccc3)c2S)[nH]1)C(C)C.Cl.Cl.Cl. The number of imidazole rings is 2. The topological polar surface area (TPSA) is 128 Å². The van der Waals surface area contributed by atoms with Gasteiger partial charge in [0.05, 0.1) is 37.3 Å². The maximum Gasteiger partial charge on any atom is 0.407 e. The van der Waals surface area contributed by atoms with Crippen molar-refractivity contribution in [2.75, 3.05) is 20.2 Å². The molecular formula is C37H42Cl3N7O3S. The summed E-state index contributed by atoms with van der Waals surface area (Å²) in [6, 6.07) is 13.3. The first-order chi connectivity index (χ1) is 23.3. The molecule has 2 aromatic heterocycles. The molecule has 4 N–H and O–H groups in total. The number of rotatable bonds is 7. The molecule has 4 aromatic rings. The van der Waals surface area contributed by atoms with Crippen molar-refractivity contribution in [3.05, 3.63) is 77.8 Å². The van der Waals surface area contributed by atoms with Gasteiger partial charge in [-0.3, -0.25) is 4.79 Å². The van der Waals surface area contributed by atoms with E-state index < -0.39 is 12.1 Å². The fourth-order valence-electron chi connectivity index (χ4n) is 6.34. The Morgan fingerprint density at radius 2 is 1.71 bits per heavy atom. The second kappa shape index (κ2) is 18.9. The molecule has 0 saturated carbocycles. The lowest BCUT2D eigenvalue weighted by molar-refractivity contribution is -0.135. The third-order valence-corrected chi connectivity index (χ3v) is 9.28. The third kappa shape index (κ3) is 9.42. The van der Waals surface area contributed by atoms with Gasteiger partial charge in [0.15, 0.2) is 0 Å². The minimum Gasteiger partial charge on any atom is -0.453 e. The highest BCUT2D eigenvalue weighted by Gasteiger charge is 2.37. The van der Waals surface area contributed by atoms with E-state index in [0.29, 0.717) is 12.4 Å². The van der Waals surface area contributed by atoms with Gasteiger partial charge in [-0.15, -0.1) is 49.8 Å². The second-order valence-corrected chi connectivity index (χ2v) is 12.8. The van der Waals surface area contributed by atoms with Gasteiger partial charge in [0, 0.05) is 28.1 Å². The molecule has 0 aliphatic carbocycles. The molecule has 14 heteroatoms. The zero-order chi connectivity index (χ0) is 33.6. The first kappa shape index (κ1) is 41.3. The summed E-state index contributed by atoms with van der Waals surface area (Å²) in [4.78, 5) is 44.1. The molecule has 0 spiro atoms. The number of thiol groups is 1. The average molecular weight is 771 g/mol. The maximum atomic E-state index is 13.6. The second-order valence-electron chi connectivity index (χ2n) is 12.3. The first-order valence-corrected chi connectivity index (χ1v) is 16.7. The summed E-state index contributed by atoms with van der Waals surface area (Å²) in [5.74, 6) is 13.6. The average Bonchev–Trinajstić information content (AvgIpc) is 3.93. The molecule has 0 radical (unpaired) electrons. The largest absolute Gasteiger partial charge is 0.453 e. The lowest BCUT2D eigenvalue weighted by Gasteiger charge is -2.30.